The average Bonchev–Trinajstić information content (AvgIpc) is 2.76. The van der Waals surface area contributed by atoms with Gasteiger partial charge in [0.2, 0.25) is 5.91 Å². The molecule has 11 nitrogen and oxygen atoms in total. The highest BCUT2D eigenvalue weighted by atomic mass is 127. The molecule has 0 aliphatic rings. The third-order valence-corrected chi connectivity index (χ3v) is 5.60. The second-order valence-electron chi connectivity index (χ2n) is 7.66. The molecule has 1 rings (SSSR count). The first-order valence-electron chi connectivity index (χ1n) is 10.8. The molecule has 0 aliphatic carbocycles. The first-order valence-corrected chi connectivity index (χ1v) is 11.9. The number of urea groups is 1. The molecule has 0 bridgehead atoms. The van der Waals surface area contributed by atoms with Crippen molar-refractivity contribution in [3.63, 3.8) is 0 Å². The van der Waals surface area contributed by atoms with E-state index in [-0.39, 0.29) is 18.7 Å². The van der Waals surface area contributed by atoms with Gasteiger partial charge < -0.3 is 31.3 Å². The molecule has 0 aliphatic heterocycles. The van der Waals surface area contributed by atoms with Gasteiger partial charge in [-0.1, -0.05) is 12.1 Å². The first kappa shape index (κ1) is 29.1. The molecule has 0 fully saturated rings. The molecule has 0 spiro atoms. The van der Waals surface area contributed by atoms with Crippen LogP contribution in [0.25, 0.3) is 0 Å². The summed E-state index contributed by atoms with van der Waals surface area (Å²) in [5, 5.41) is 34.0. The molecule has 0 saturated carbocycles. The number of hydrogen-bond donors (Lipinski definition) is 6. The van der Waals surface area contributed by atoms with Crippen molar-refractivity contribution in [2.45, 2.75) is 63.5 Å². The maximum atomic E-state index is 12.0. The Morgan fingerprint density at radius 1 is 0.794 bits per heavy atom. The minimum atomic E-state index is -1.45. The molecule has 3 amide bonds. The normalized spacial score (nSPS) is 12.3. The van der Waals surface area contributed by atoms with Gasteiger partial charge in [-0.3, -0.25) is 9.59 Å². The average molecular weight is 591 g/mol. The lowest BCUT2D eigenvalue weighted by Gasteiger charge is -2.18. The van der Waals surface area contributed by atoms with E-state index in [9.17, 15) is 29.1 Å². The van der Waals surface area contributed by atoms with Crippen LogP contribution in [0.5, 0.6) is 0 Å². The van der Waals surface area contributed by atoms with Gasteiger partial charge in [0.05, 0.1) is 0 Å². The van der Waals surface area contributed by atoms with Gasteiger partial charge in [-0.2, -0.15) is 0 Å². The van der Waals surface area contributed by atoms with E-state index in [1.807, 2.05) is 24.3 Å². The van der Waals surface area contributed by atoms with Crippen LogP contribution in [0.3, 0.4) is 0 Å². The van der Waals surface area contributed by atoms with Gasteiger partial charge in [-0.25, -0.2) is 14.4 Å². The predicted molar refractivity (Wildman–Crippen MR) is 130 cm³/mol. The molecule has 188 valence electrons. The molecule has 0 heterocycles. The zero-order valence-corrected chi connectivity index (χ0v) is 20.7. The topological polar surface area (TPSA) is 182 Å². The fraction of sp³-hybridized carbons (Fsp3) is 0.500. The second kappa shape index (κ2) is 15.9. The van der Waals surface area contributed by atoms with E-state index < -0.39 is 42.4 Å². The van der Waals surface area contributed by atoms with Gasteiger partial charge in [0.1, 0.15) is 12.1 Å². The van der Waals surface area contributed by atoms with Crippen LogP contribution in [0.2, 0.25) is 0 Å². The Labute approximate surface area is 210 Å². The fourth-order valence-corrected chi connectivity index (χ4v) is 3.39. The number of nitrogens with one attached hydrogen (secondary N) is 3. The number of halogens is 1. The molecule has 2 atom stereocenters. The molecular weight excluding hydrogens is 561 g/mol. The Morgan fingerprint density at radius 2 is 1.38 bits per heavy atom. The van der Waals surface area contributed by atoms with Gasteiger partial charge in [-0.15, -0.1) is 0 Å². The van der Waals surface area contributed by atoms with Crippen molar-refractivity contribution in [3.8, 4) is 0 Å². The van der Waals surface area contributed by atoms with Gasteiger partial charge in [0.25, 0.3) is 0 Å². The van der Waals surface area contributed by atoms with Gasteiger partial charge in [0, 0.05) is 23.0 Å². The SMILES string of the molecule is O=C(O)CCC(NC(=O)NC(CCCCNC(=O)CCCc1ccc(I)cc1)C(=O)O)C(=O)O. The smallest absolute Gasteiger partial charge is 0.326 e. The molecule has 12 heteroatoms. The predicted octanol–water partition coefficient (Wildman–Crippen LogP) is 1.97. The summed E-state index contributed by atoms with van der Waals surface area (Å²) < 4.78 is 1.15. The summed E-state index contributed by atoms with van der Waals surface area (Å²) in [6.07, 6.45) is 2.11. The van der Waals surface area contributed by atoms with E-state index in [1.54, 1.807) is 0 Å². The van der Waals surface area contributed by atoms with Crippen LogP contribution in [-0.2, 0) is 25.6 Å². The summed E-state index contributed by atoms with van der Waals surface area (Å²) in [5.74, 6) is -4.00. The zero-order chi connectivity index (χ0) is 25.5. The lowest BCUT2D eigenvalue weighted by Crippen LogP contribution is -2.51. The van der Waals surface area contributed by atoms with Crippen molar-refractivity contribution in [1.82, 2.24) is 16.0 Å². The third-order valence-electron chi connectivity index (χ3n) is 4.88. The largest absolute Gasteiger partial charge is 0.481 e. The highest BCUT2D eigenvalue weighted by molar-refractivity contribution is 14.1. The molecule has 0 aromatic heterocycles. The minimum absolute atomic E-state index is 0.0816. The summed E-state index contributed by atoms with van der Waals surface area (Å²) in [7, 11) is 0. The summed E-state index contributed by atoms with van der Waals surface area (Å²) in [5.41, 5.74) is 1.17. The molecule has 6 N–H and O–H groups in total. The number of hydrogen-bond acceptors (Lipinski definition) is 5. The number of rotatable bonds is 16. The molecule has 1 aromatic rings. The van der Waals surface area contributed by atoms with Crippen molar-refractivity contribution in [1.29, 1.82) is 0 Å². The number of carbonyl (C=O) groups is 5. The second-order valence-corrected chi connectivity index (χ2v) is 8.90. The monoisotopic (exact) mass is 591 g/mol. The first-order chi connectivity index (χ1) is 16.1. The van der Waals surface area contributed by atoms with Crippen LogP contribution in [0, 0.1) is 3.57 Å². The van der Waals surface area contributed by atoms with Crippen molar-refractivity contribution in [3.05, 3.63) is 33.4 Å². The highest BCUT2D eigenvalue weighted by Gasteiger charge is 2.24. The molecule has 0 radical (unpaired) electrons. The number of amides is 3. The minimum Gasteiger partial charge on any atom is -0.481 e. The number of carbonyl (C=O) groups excluding carboxylic acids is 2. The van der Waals surface area contributed by atoms with Crippen LogP contribution < -0.4 is 16.0 Å². The zero-order valence-electron chi connectivity index (χ0n) is 18.6. The lowest BCUT2D eigenvalue weighted by atomic mass is 10.1. The van der Waals surface area contributed by atoms with E-state index >= 15 is 0 Å². The fourth-order valence-electron chi connectivity index (χ4n) is 3.03. The Bertz CT molecular complexity index is 847. The lowest BCUT2D eigenvalue weighted by molar-refractivity contribution is -0.140. The number of aliphatic carboxylic acids is 3. The van der Waals surface area contributed by atoms with E-state index in [2.05, 4.69) is 38.5 Å². The van der Waals surface area contributed by atoms with Gasteiger partial charge in [0.15, 0.2) is 0 Å². The molecule has 34 heavy (non-hydrogen) atoms. The Morgan fingerprint density at radius 3 is 1.94 bits per heavy atom. The standard InChI is InChI=1S/C22H30IN3O8/c23-15-9-7-14(8-10-15)4-3-6-18(27)24-13-2-1-5-16(20(30)31)25-22(34)26-17(21(32)33)11-12-19(28)29/h7-10,16-17H,1-6,11-13H2,(H,24,27)(H,28,29)(H,30,31)(H,32,33)(H2,25,26,34). The third kappa shape index (κ3) is 13.0. The summed E-state index contributed by atoms with van der Waals surface area (Å²) in [4.78, 5) is 57.0. The quantitative estimate of drug-likeness (QED) is 0.125. The maximum Gasteiger partial charge on any atom is 0.326 e. The van der Waals surface area contributed by atoms with E-state index in [1.165, 1.54) is 5.56 Å². The van der Waals surface area contributed by atoms with Crippen LogP contribution in [0.15, 0.2) is 24.3 Å². The van der Waals surface area contributed by atoms with Crippen molar-refractivity contribution in [2.75, 3.05) is 6.54 Å². The summed E-state index contributed by atoms with van der Waals surface area (Å²) >= 11 is 2.23. The molecule has 2 unspecified atom stereocenters. The van der Waals surface area contributed by atoms with E-state index in [4.69, 9.17) is 10.2 Å². The van der Waals surface area contributed by atoms with E-state index in [0.29, 0.717) is 25.8 Å². The van der Waals surface area contributed by atoms with Crippen molar-refractivity contribution >= 4 is 52.4 Å². The van der Waals surface area contributed by atoms with Crippen LogP contribution in [0.4, 0.5) is 4.79 Å². The van der Waals surface area contributed by atoms with Crippen molar-refractivity contribution in [2.24, 2.45) is 0 Å². The highest BCUT2D eigenvalue weighted by Crippen LogP contribution is 2.09. The van der Waals surface area contributed by atoms with Crippen molar-refractivity contribution < 1.29 is 39.3 Å². The van der Waals surface area contributed by atoms with Crippen LogP contribution in [-0.4, -0.2) is 63.8 Å². The van der Waals surface area contributed by atoms with Gasteiger partial charge in [-0.05, 0) is 78.8 Å². The van der Waals surface area contributed by atoms with Crippen LogP contribution >= 0.6 is 22.6 Å². The number of carboxylic acid groups (broad SMARTS) is 3. The molecule has 1 aromatic carbocycles. The Hall–Kier alpha value is -2.90. The number of carboxylic acids is 3. The van der Waals surface area contributed by atoms with Gasteiger partial charge >= 0.3 is 23.9 Å². The summed E-state index contributed by atoms with van der Waals surface area (Å²) in [6, 6.07) is 4.39. The Kier molecular flexibility index (Phi) is 13.6. The summed E-state index contributed by atoms with van der Waals surface area (Å²) in [6.45, 7) is 0.372. The molecular formula is C22H30IN3O8. The van der Waals surface area contributed by atoms with E-state index in [0.717, 1.165) is 16.4 Å². The Balaban J connectivity index is 2.28. The maximum absolute atomic E-state index is 12.0. The number of aryl methyl sites for hydroxylation is 1. The molecule has 0 saturated heterocycles. The number of benzene rings is 1. The number of unbranched alkanes of at least 4 members (excludes halogenated alkanes) is 1. The van der Waals surface area contributed by atoms with Crippen LogP contribution in [0.1, 0.15) is 50.5 Å².